The summed E-state index contributed by atoms with van der Waals surface area (Å²) in [5.74, 6) is 0.751. The van der Waals surface area contributed by atoms with Gasteiger partial charge in [0, 0.05) is 28.8 Å². The van der Waals surface area contributed by atoms with E-state index in [9.17, 15) is 10.2 Å². The molecule has 4 aromatic rings. The highest BCUT2D eigenvalue weighted by Crippen LogP contribution is 2.68. The Morgan fingerprint density at radius 2 is 1.97 bits per heavy atom. The van der Waals surface area contributed by atoms with Gasteiger partial charge in [0.15, 0.2) is 17.6 Å². The number of hydrogen-bond acceptors (Lipinski definition) is 4. The molecule has 160 valence electrons. The van der Waals surface area contributed by atoms with Gasteiger partial charge in [-0.15, -0.1) is 0 Å². The van der Waals surface area contributed by atoms with Crippen LogP contribution < -0.4 is 4.74 Å². The number of phenolic OH excluding ortho intramolecular Hbond substituents is 1. The summed E-state index contributed by atoms with van der Waals surface area (Å²) in [4.78, 5) is 6.07. The summed E-state index contributed by atoms with van der Waals surface area (Å²) in [5.41, 5.74) is 4.08. The summed E-state index contributed by atoms with van der Waals surface area (Å²) < 4.78 is 6.62. The Hall–Kier alpha value is -3.02. The number of nitrogens with zero attached hydrogens (tertiary/aromatic N) is 1. The van der Waals surface area contributed by atoms with Crippen molar-refractivity contribution in [1.82, 2.24) is 9.88 Å². The second-order valence-corrected chi connectivity index (χ2v) is 10.2. The van der Waals surface area contributed by atoms with E-state index in [0.29, 0.717) is 12.2 Å². The monoisotopic (exact) mass is 424 g/mol. The van der Waals surface area contributed by atoms with Crippen LogP contribution in [-0.2, 0) is 18.3 Å². The van der Waals surface area contributed by atoms with Crippen molar-refractivity contribution < 1.29 is 14.9 Å². The fraction of sp³-hybridized carbons (Fsp3) is 0.333. The van der Waals surface area contributed by atoms with Crippen molar-refractivity contribution in [2.45, 2.75) is 42.4 Å². The number of phenols is 1. The fourth-order valence-corrected chi connectivity index (χ4v) is 7.64. The molecule has 8 rings (SSSR count). The van der Waals surface area contributed by atoms with Crippen LogP contribution in [0.5, 0.6) is 11.5 Å². The minimum Gasteiger partial charge on any atom is -0.504 e. The molecule has 32 heavy (non-hydrogen) atoms. The predicted octanol–water partition coefficient (Wildman–Crippen LogP) is 3.95. The zero-order valence-electron chi connectivity index (χ0n) is 17.9. The number of nitrogens with one attached hydrogen (secondary N) is 1. The first-order valence-corrected chi connectivity index (χ1v) is 11.5. The Kier molecular flexibility index (Phi) is 2.90. The molecule has 0 saturated carbocycles. The first-order valence-electron chi connectivity index (χ1n) is 11.5. The van der Waals surface area contributed by atoms with E-state index in [-0.39, 0.29) is 17.9 Å². The first kappa shape index (κ1) is 17.5. The van der Waals surface area contributed by atoms with E-state index in [1.807, 2.05) is 6.07 Å². The van der Waals surface area contributed by atoms with E-state index < -0.39 is 11.0 Å². The molecule has 3 aromatic carbocycles. The molecule has 0 amide bonds. The summed E-state index contributed by atoms with van der Waals surface area (Å²) >= 11 is 0. The smallest absolute Gasteiger partial charge is 0.166 e. The number of benzene rings is 3. The molecule has 0 radical (unpaired) electrons. The number of ether oxygens (including phenoxy) is 1. The lowest BCUT2D eigenvalue weighted by Gasteiger charge is -2.62. The lowest BCUT2D eigenvalue weighted by Crippen LogP contribution is -2.73. The summed E-state index contributed by atoms with van der Waals surface area (Å²) in [6.45, 7) is 0.903. The molecule has 4 atom stereocenters. The van der Waals surface area contributed by atoms with Crippen molar-refractivity contribution in [1.29, 1.82) is 0 Å². The maximum atomic E-state index is 12.6. The SMILES string of the molecule is CN1CC[C@]23c4c5ccc(O)c4O[C@H]2c2[nH]c4c(ccc6ccccc64)c2C[C@@]3(O)[C@H]1C5. The Morgan fingerprint density at radius 1 is 1.09 bits per heavy atom. The molecule has 3 heterocycles. The number of aliphatic hydroxyl groups is 1. The van der Waals surface area contributed by atoms with Crippen LogP contribution in [0.4, 0.5) is 0 Å². The molecule has 1 spiro atoms. The van der Waals surface area contributed by atoms with Crippen molar-refractivity contribution in [2.75, 3.05) is 13.6 Å². The number of piperidine rings is 1. The standard InChI is InChI=1S/C27H24N2O3/c1-29-11-10-26-21-15-7-9-19(30)24(21)32-25(26)23-18(13-27(26,31)20(29)12-15)17-8-6-14-4-2-3-5-16(14)22(17)28-23/h2-9,20,25,28,30-31H,10-13H2,1H3/t20-,25+,26+,27-/m1/s1. The number of aromatic amines is 1. The van der Waals surface area contributed by atoms with Gasteiger partial charge in [0.05, 0.1) is 22.2 Å². The van der Waals surface area contributed by atoms with Gasteiger partial charge >= 0.3 is 0 Å². The molecular weight excluding hydrogens is 400 g/mol. The van der Waals surface area contributed by atoms with Crippen molar-refractivity contribution in [3.8, 4) is 11.5 Å². The van der Waals surface area contributed by atoms with Crippen LogP contribution in [0.3, 0.4) is 0 Å². The minimum atomic E-state index is -0.954. The van der Waals surface area contributed by atoms with Gasteiger partial charge in [0.2, 0.25) is 0 Å². The Balaban J connectivity index is 1.50. The van der Waals surface area contributed by atoms with Crippen LogP contribution in [-0.4, -0.2) is 45.3 Å². The van der Waals surface area contributed by atoms with Gasteiger partial charge in [-0.2, -0.15) is 0 Å². The van der Waals surface area contributed by atoms with Crippen molar-refractivity contribution in [2.24, 2.45) is 0 Å². The number of likely N-dealkylation sites (N-methyl/N-ethyl adjacent to an activating group) is 1. The molecule has 3 N–H and O–H groups in total. The average Bonchev–Trinajstić information content (AvgIpc) is 3.33. The van der Waals surface area contributed by atoms with Crippen LogP contribution in [0.15, 0.2) is 48.5 Å². The number of fused-ring (bicyclic) bond motifs is 6. The molecule has 5 heteroatoms. The lowest BCUT2D eigenvalue weighted by molar-refractivity contribution is -0.167. The minimum absolute atomic E-state index is 0.0175. The maximum absolute atomic E-state index is 12.6. The highest BCUT2D eigenvalue weighted by molar-refractivity contribution is 6.07. The quantitative estimate of drug-likeness (QED) is 0.400. The Morgan fingerprint density at radius 3 is 2.88 bits per heavy atom. The topological polar surface area (TPSA) is 68.7 Å². The van der Waals surface area contributed by atoms with E-state index in [1.165, 1.54) is 16.3 Å². The van der Waals surface area contributed by atoms with Crippen LogP contribution in [0.2, 0.25) is 0 Å². The number of aromatic nitrogens is 1. The normalized spacial score (nSPS) is 32.1. The third-order valence-corrected chi connectivity index (χ3v) is 9.03. The van der Waals surface area contributed by atoms with Crippen LogP contribution >= 0.6 is 0 Å². The zero-order chi connectivity index (χ0) is 21.4. The number of likely N-dealkylation sites (tertiary alicyclic amines) is 1. The second kappa shape index (κ2) is 5.30. The summed E-state index contributed by atoms with van der Waals surface area (Å²) in [6, 6.07) is 16.6. The number of H-pyrrole nitrogens is 1. The van der Waals surface area contributed by atoms with Gasteiger partial charge < -0.3 is 24.8 Å². The lowest BCUT2D eigenvalue weighted by atomic mass is 9.49. The third kappa shape index (κ3) is 1.68. The molecule has 2 bridgehead atoms. The van der Waals surface area contributed by atoms with E-state index >= 15 is 0 Å². The molecule has 0 unspecified atom stereocenters. The van der Waals surface area contributed by atoms with Crippen LogP contribution in [0, 0.1) is 0 Å². The zero-order valence-corrected chi connectivity index (χ0v) is 17.9. The largest absolute Gasteiger partial charge is 0.504 e. The summed E-state index contributed by atoms with van der Waals surface area (Å²) in [7, 11) is 2.13. The molecule has 1 fully saturated rings. The van der Waals surface area contributed by atoms with Crippen LogP contribution in [0.1, 0.15) is 34.9 Å². The molecule has 5 nitrogen and oxygen atoms in total. The van der Waals surface area contributed by atoms with E-state index in [2.05, 4.69) is 53.3 Å². The van der Waals surface area contributed by atoms with Crippen molar-refractivity contribution >= 4 is 21.7 Å². The fourth-order valence-electron chi connectivity index (χ4n) is 7.64. The third-order valence-electron chi connectivity index (χ3n) is 9.03. The number of aromatic hydroxyl groups is 1. The van der Waals surface area contributed by atoms with Gasteiger partial charge in [-0.1, -0.05) is 42.5 Å². The van der Waals surface area contributed by atoms with Crippen LogP contribution in [0.25, 0.3) is 21.7 Å². The highest BCUT2D eigenvalue weighted by Gasteiger charge is 2.72. The van der Waals surface area contributed by atoms with Gasteiger partial charge in [-0.25, -0.2) is 0 Å². The van der Waals surface area contributed by atoms with Gasteiger partial charge in [-0.05, 0) is 49.0 Å². The molecule has 1 saturated heterocycles. The first-order chi connectivity index (χ1) is 15.5. The van der Waals surface area contributed by atoms with E-state index in [4.69, 9.17) is 4.74 Å². The summed E-state index contributed by atoms with van der Waals surface area (Å²) in [5, 5.41) is 26.9. The molecule has 2 aliphatic heterocycles. The number of rotatable bonds is 0. The molecule has 1 aromatic heterocycles. The van der Waals surface area contributed by atoms with Gasteiger partial charge in [-0.3, -0.25) is 0 Å². The predicted molar refractivity (Wildman–Crippen MR) is 122 cm³/mol. The highest BCUT2D eigenvalue weighted by atomic mass is 16.5. The molecule has 2 aliphatic carbocycles. The van der Waals surface area contributed by atoms with Crippen molar-refractivity contribution in [3.05, 3.63) is 70.9 Å². The van der Waals surface area contributed by atoms with Crippen molar-refractivity contribution in [3.63, 3.8) is 0 Å². The molecule has 4 aliphatic rings. The van der Waals surface area contributed by atoms with Gasteiger partial charge in [0.1, 0.15) is 0 Å². The summed E-state index contributed by atoms with van der Waals surface area (Å²) in [6.07, 6.45) is 1.83. The van der Waals surface area contributed by atoms with Gasteiger partial charge in [0.25, 0.3) is 0 Å². The van der Waals surface area contributed by atoms with E-state index in [0.717, 1.165) is 47.1 Å². The molecular formula is C27H24N2O3. The number of hydrogen-bond donors (Lipinski definition) is 3. The Labute approximate surface area is 185 Å². The Bertz CT molecular complexity index is 1490. The maximum Gasteiger partial charge on any atom is 0.166 e. The van der Waals surface area contributed by atoms with E-state index in [1.54, 1.807) is 6.07 Å². The average molecular weight is 425 g/mol. The second-order valence-electron chi connectivity index (χ2n) is 10.2.